The van der Waals surface area contributed by atoms with Gasteiger partial charge in [0.1, 0.15) is 0 Å². The quantitative estimate of drug-likeness (QED) is 0.598. The molecule has 5 heteroatoms. The first-order valence-corrected chi connectivity index (χ1v) is 13.4. The number of sulfone groups is 1. The molecule has 32 heavy (non-hydrogen) atoms. The Hall–Kier alpha value is -2.14. The number of likely N-dealkylation sites (tertiary alicyclic amines) is 1. The van der Waals surface area contributed by atoms with Crippen molar-refractivity contribution in [3.63, 3.8) is 0 Å². The molecule has 2 unspecified atom stereocenters. The molecular formula is C27H37NO3S. The number of hydrogen-bond acceptors (Lipinski definition) is 3. The molecule has 0 spiro atoms. The molecule has 1 aliphatic heterocycles. The van der Waals surface area contributed by atoms with Gasteiger partial charge >= 0.3 is 0 Å². The van der Waals surface area contributed by atoms with Gasteiger partial charge in [-0.3, -0.25) is 4.79 Å². The number of nitrogens with zero attached hydrogens (tertiary/aromatic N) is 1. The standard InChI is InChI=1S/C18H25NO.C9H12O2S/c1-13-5-7-14(8-6-13)16(20)19-12-18(4)10-15(19)9-17(2,3)11-18;1-2-12(10,11)8-9-6-4-3-5-7-9/h5-8,15H,9-12H2,1-4H3;3-7H,2,8H2,1H3. The van der Waals surface area contributed by atoms with Gasteiger partial charge in [0.05, 0.1) is 5.75 Å². The maximum absolute atomic E-state index is 12.8. The summed E-state index contributed by atoms with van der Waals surface area (Å²) in [5, 5.41) is 0. The molecule has 4 rings (SSSR count). The van der Waals surface area contributed by atoms with E-state index in [2.05, 4.69) is 32.6 Å². The first-order chi connectivity index (χ1) is 14.9. The van der Waals surface area contributed by atoms with Gasteiger partial charge in [-0.1, -0.05) is 75.7 Å². The Kier molecular flexibility index (Phi) is 7.18. The fraction of sp³-hybridized carbons (Fsp3) is 0.519. The van der Waals surface area contributed by atoms with Crippen LogP contribution in [0.15, 0.2) is 54.6 Å². The average Bonchev–Trinajstić information content (AvgIpc) is 2.97. The number of benzene rings is 2. The van der Waals surface area contributed by atoms with Crippen molar-refractivity contribution < 1.29 is 13.2 Å². The largest absolute Gasteiger partial charge is 0.335 e. The number of carbonyl (C=O) groups is 1. The molecule has 2 bridgehead atoms. The average molecular weight is 456 g/mol. The fourth-order valence-corrected chi connectivity index (χ4v) is 6.39. The molecule has 0 N–H and O–H groups in total. The van der Waals surface area contributed by atoms with Crippen molar-refractivity contribution in [3.05, 3.63) is 71.3 Å². The van der Waals surface area contributed by atoms with Crippen LogP contribution < -0.4 is 0 Å². The van der Waals surface area contributed by atoms with Crippen LogP contribution in [0, 0.1) is 17.8 Å². The highest BCUT2D eigenvalue weighted by atomic mass is 32.2. The van der Waals surface area contributed by atoms with Crippen LogP contribution in [-0.4, -0.2) is 37.6 Å². The van der Waals surface area contributed by atoms with Crippen LogP contribution >= 0.6 is 0 Å². The monoisotopic (exact) mass is 455 g/mol. The molecule has 1 heterocycles. The number of aryl methyl sites for hydroxylation is 1. The summed E-state index contributed by atoms with van der Waals surface area (Å²) in [6.07, 6.45) is 3.54. The predicted molar refractivity (Wildman–Crippen MR) is 131 cm³/mol. The molecular weight excluding hydrogens is 418 g/mol. The Labute approximate surface area is 194 Å². The van der Waals surface area contributed by atoms with Gasteiger partial charge in [0.2, 0.25) is 0 Å². The first-order valence-electron chi connectivity index (χ1n) is 11.5. The summed E-state index contributed by atoms with van der Waals surface area (Å²) < 4.78 is 22.3. The highest BCUT2D eigenvalue weighted by molar-refractivity contribution is 7.90. The number of rotatable bonds is 4. The summed E-state index contributed by atoms with van der Waals surface area (Å²) in [6, 6.07) is 17.6. The van der Waals surface area contributed by atoms with E-state index in [1.165, 1.54) is 18.4 Å². The topological polar surface area (TPSA) is 54.5 Å². The Balaban J connectivity index is 0.000000207. The molecule has 1 saturated carbocycles. The second kappa shape index (κ2) is 9.38. The van der Waals surface area contributed by atoms with Crippen molar-refractivity contribution in [1.29, 1.82) is 0 Å². The third-order valence-corrected chi connectivity index (χ3v) is 8.30. The Morgan fingerprint density at radius 3 is 2.22 bits per heavy atom. The third kappa shape index (κ3) is 6.22. The van der Waals surface area contributed by atoms with Gasteiger partial charge in [0, 0.05) is 23.9 Å². The predicted octanol–water partition coefficient (Wildman–Crippen LogP) is 5.66. The van der Waals surface area contributed by atoms with E-state index >= 15 is 0 Å². The number of carbonyl (C=O) groups excluding carboxylic acids is 1. The van der Waals surface area contributed by atoms with Crippen molar-refractivity contribution in [2.75, 3.05) is 12.3 Å². The highest BCUT2D eigenvalue weighted by Gasteiger charge is 2.50. The van der Waals surface area contributed by atoms with Crippen LogP contribution in [0.5, 0.6) is 0 Å². The molecule has 174 valence electrons. The van der Waals surface area contributed by atoms with Crippen LogP contribution in [0.25, 0.3) is 0 Å². The van der Waals surface area contributed by atoms with Gasteiger partial charge in [-0.2, -0.15) is 0 Å². The minimum atomic E-state index is -2.87. The SMILES string of the molecule is CCS(=O)(=O)Cc1ccccc1.Cc1ccc(C(=O)N2CC3(C)CC2CC(C)(C)C3)cc1. The van der Waals surface area contributed by atoms with Crippen LogP contribution in [-0.2, 0) is 15.6 Å². The van der Waals surface area contributed by atoms with Crippen molar-refractivity contribution in [3.8, 4) is 0 Å². The van der Waals surface area contributed by atoms with Crippen molar-refractivity contribution in [1.82, 2.24) is 4.90 Å². The van der Waals surface area contributed by atoms with Crippen LogP contribution in [0.3, 0.4) is 0 Å². The van der Waals surface area contributed by atoms with E-state index in [1.807, 2.05) is 54.6 Å². The molecule has 2 atom stereocenters. The summed E-state index contributed by atoms with van der Waals surface area (Å²) in [7, 11) is -2.87. The Bertz CT molecular complexity index is 1030. The van der Waals surface area contributed by atoms with Gasteiger partial charge in [0.25, 0.3) is 5.91 Å². The molecule has 1 aliphatic carbocycles. The van der Waals surface area contributed by atoms with E-state index in [0.717, 1.165) is 24.1 Å². The second-order valence-corrected chi connectivity index (χ2v) is 13.0. The summed E-state index contributed by atoms with van der Waals surface area (Å²) in [5.74, 6) is 0.586. The first kappa shape index (κ1) is 24.5. The van der Waals surface area contributed by atoms with Crippen molar-refractivity contribution in [2.45, 2.75) is 65.7 Å². The number of hydrogen-bond donors (Lipinski definition) is 0. The van der Waals surface area contributed by atoms with E-state index in [4.69, 9.17) is 0 Å². The third-order valence-electron chi connectivity index (χ3n) is 6.64. The highest BCUT2D eigenvalue weighted by Crippen LogP contribution is 2.52. The molecule has 0 aromatic heterocycles. The zero-order valence-corrected chi connectivity index (χ0v) is 20.9. The van der Waals surface area contributed by atoms with Crippen LogP contribution in [0.2, 0.25) is 0 Å². The lowest BCUT2D eigenvalue weighted by atomic mass is 9.65. The Morgan fingerprint density at radius 1 is 1.00 bits per heavy atom. The fourth-order valence-electron chi connectivity index (χ4n) is 5.49. The van der Waals surface area contributed by atoms with E-state index in [1.54, 1.807) is 6.92 Å². The summed E-state index contributed by atoms with van der Waals surface area (Å²) in [6.45, 7) is 11.7. The molecule has 2 aromatic carbocycles. The van der Waals surface area contributed by atoms with E-state index < -0.39 is 9.84 Å². The van der Waals surface area contributed by atoms with Gasteiger partial charge in [0.15, 0.2) is 9.84 Å². The van der Waals surface area contributed by atoms with Gasteiger partial charge in [-0.05, 0) is 54.7 Å². The maximum Gasteiger partial charge on any atom is 0.254 e. The number of fused-ring (bicyclic) bond motifs is 2. The van der Waals surface area contributed by atoms with Gasteiger partial charge in [-0.15, -0.1) is 0 Å². The minimum Gasteiger partial charge on any atom is -0.335 e. The molecule has 0 radical (unpaired) electrons. The minimum absolute atomic E-state index is 0.157. The zero-order valence-electron chi connectivity index (χ0n) is 20.1. The lowest BCUT2D eigenvalue weighted by molar-refractivity contribution is 0.0708. The number of amides is 1. The van der Waals surface area contributed by atoms with Gasteiger partial charge < -0.3 is 4.90 Å². The van der Waals surface area contributed by atoms with Crippen molar-refractivity contribution >= 4 is 15.7 Å². The normalized spacial score (nSPS) is 23.9. The molecule has 2 fully saturated rings. The smallest absolute Gasteiger partial charge is 0.254 e. The second-order valence-electron chi connectivity index (χ2n) is 10.7. The summed E-state index contributed by atoms with van der Waals surface area (Å²) in [5.41, 5.74) is 3.57. The van der Waals surface area contributed by atoms with Gasteiger partial charge in [-0.25, -0.2) is 8.42 Å². The summed E-state index contributed by atoms with van der Waals surface area (Å²) in [4.78, 5) is 14.9. The van der Waals surface area contributed by atoms with E-state index in [0.29, 0.717) is 16.9 Å². The molecule has 1 amide bonds. The van der Waals surface area contributed by atoms with Crippen molar-refractivity contribution in [2.24, 2.45) is 10.8 Å². The van der Waals surface area contributed by atoms with E-state index in [-0.39, 0.29) is 17.4 Å². The molecule has 2 aromatic rings. The lowest BCUT2D eigenvalue weighted by Crippen LogP contribution is -2.37. The van der Waals surface area contributed by atoms with Crippen LogP contribution in [0.4, 0.5) is 0 Å². The maximum atomic E-state index is 12.8. The zero-order chi connectivity index (χ0) is 23.6. The van der Waals surface area contributed by atoms with Crippen LogP contribution in [0.1, 0.15) is 68.4 Å². The van der Waals surface area contributed by atoms with E-state index in [9.17, 15) is 13.2 Å². The molecule has 1 saturated heterocycles. The summed E-state index contributed by atoms with van der Waals surface area (Å²) >= 11 is 0. The Morgan fingerprint density at radius 2 is 1.62 bits per heavy atom. The lowest BCUT2D eigenvalue weighted by Gasteiger charge is -2.39. The molecule has 4 nitrogen and oxygen atoms in total. The molecule has 2 aliphatic rings.